The maximum atomic E-state index is 12.1. The highest BCUT2D eigenvalue weighted by molar-refractivity contribution is 6.33. The summed E-state index contributed by atoms with van der Waals surface area (Å²) in [7, 11) is 0. The number of aromatic nitrogens is 2. The molecule has 0 saturated carbocycles. The Morgan fingerprint density at radius 1 is 1.23 bits per heavy atom. The average molecular weight is 321 g/mol. The van der Waals surface area contributed by atoms with Gasteiger partial charge in [-0.3, -0.25) is 4.52 Å². The molecule has 1 saturated heterocycles. The van der Waals surface area contributed by atoms with E-state index < -0.39 is 5.90 Å². The fourth-order valence-electron chi connectivity index (χ4n) is 2.47. The molecule has 0 amide bonds. The maximum Gasteiger partial charge on any atom is 0.324 e. The summed E-state index contributed by atoms with van der Waals surface area (Å²) in [5.74, 6) is -0.265. The molecule has 1 fully saturated rings. The van der Waals surface area contributed by atoms with Crippen LogP contribution in [0.2, 0.25) is 5.02 Å². The second-order valence-electron chi connectivity index (χ2n) is 5.23. The molecule has 3 rings (SSSR count). The predicted molar refractivity (Wildman–Crippen MR) is 80.8 cm³/mol. The van der Waals surface area contributed by atoms with Crippen molar-refractivity contribution in [2.75, 3.05) is 18.1 Å². The lowest BCUT2D eigenvalue weighted by Crippen LogP contribution is -2.59. The van der Waals surface area contributed by atoms with Gasteiger partial charge in [0.15, 0.2) is 0 Å². The molecule has 22 heavy (non-hydrogen) atoms. The monoisotopic (exact) mass is 320 g/mol. The minimum atomic E-state index is -0.440. The lowest BCUT2D eigenvalue weighted by atomic mass is 10.2. The van der Waals surface area contributed by atoms with Gasteiger partial charge in [-0.2, -0.15) is 5.01 Å². The van der Waals surface area contributed by atoms with Crippen molar-refractivity contribution in [3.63, 3.8) is 0 Å². The first-order valence-electron chi connectivity index (χ1n) is 7.38. The van der Waals surface area contributed by atoms with Crippen molar-refractivity contribution in [1.29, 1.82) is 0 Å². The van der Waals surface area contributed by atoms with Gasteiger partial charge in [0, 0.05) is 16.5 Å². The molecule has 0 N–H and O–H groups in total. The van der Waals surface area contributed by atoms with Gasteiger partial charge in [0.25, 0.3) is 6.20 Å². The first-order valence-corrected chi connectivity index (χ1v) is 7.76. The molecule has 1 aliphatic rings. The SMILES string of the molecule is [O-]C(=Nc1c[n+](N2CCCCCC2)no1)c1ccccc1Cl. The number of aliphatic imine (C=N–C) groups is 1. The molecule has 0 spiro atoms. The Morgan fingerprint density at radius 2 is 1.95 bits per heavy atom. The van der Waals surface area contributed by atoms with Crippen LogP contribution in [0.4, 0.5) is 5.88 Å². The van der Waals surface area contributed by atoms with Gasteiger partial charge in [-0.25, -0.2) is 4.99 Å². The summed E-state index contributed by atoms with van der Waals surface area (Å²) in [4.78, 5) is 5.56. The first kappa shape index (κ1) is 14.8. The number of rotatable bonds is 3. The highest BCUT2D eigenvalue weighted by atomic mass is 35.5. The van der Waals surface area contributed by atoms with E-state index in [1.165, 1.54) is 12.8 Å². The van der Waals surface area contributed by atoms with Gasteiger partial charge in [0.2, 0.25) is 5.27 Å². The summed E-state index contributed by atoms with van der Waals surface area (Å²) in [5, 5.41) is 18.5. The third kappa shape index (κ3) is 3.39. The van der Waals surface area contributed by atoms with Crippen LogP contribution in [-0.2, 0) is 0 Å². The highest BCUT2D eigenvalue weighted by Crippen LogP contribution is 2.16. The van der Waals surface area contributed by atoms with Crippen molar-refractivity contribution < 1.29 is 14.4 Å². The third-order valence-electron chi connectivity index (χ3n) is 3.63. The quantitative estimate of drug-likeness (QED) is 0.489. The number of benzene rings is 1. The van der Waals surface area contributed by atoms with E-state index in [0.717, 1.165) is 25.9 Å². The smallest absolute Gasteiger partial charge is 0.324 e. The summed E-state index contributed by atoms with van der Waals surface area (Å²) in [6, 6.07) is 6.79. The summed E-state index contributed by atoms with van der Waals surface area (Å²) >= 11 is 5.99. The standard InChI is InChI=1S/C15H17ClN4O2/c16-13-8-4-3-7-12(13)15(21)17-14-11-20(18-22-14)19-9-5-1-2-6-10-19/h3-4,7-8,11H,1-2,5-6,9-10H2. The van der Waals surface area contributed by atoms with E-state index in [1.807, 2.05) is 0 Å². The van der Waals surface area contributed by atoms with E-state index in [9.17, 15) is 5.11 Å². The normalized spacial score (nSPS) is 16.6. The van der Waals surface area contributed by atoms with Gasteiger partial charge in [-0.05, 0) is 18.9 Å². The lowest BCUT2D eigenvalue weighted by molar-refractivity contribution is -0.758. The summed E-state index contributed by atoms with van der Waals surface area (Å²) in [6.45, 7) is 1.85. The van der Waals surface area contributed by atoms with Crippen LogP contribution < -0.4 is 14.9 Å². The molecule has 1 aliphatic heterocycles. The van der Waals surface area contributed by atoms with Gasteiger partial charge in [-0.1, -0.05) is 42.6 Å². The van der Waals surface area contributed by atoms with Gasteiger partial charge < -0.3 is 5.11 Å². The summed E-state index contributed by atoms with van der Waals surface area (Å²) in [6.07, 6.45) is 6.35. The maximum absolute atomic E-state index is 12.1. The fraction of sp³-hybridized carbons (Fsp3) is 0.400. The van der Waals surface area contributed by atoms with Gasteiger partial charge in [0.1, 0.15) is 0 Å². The van der Waals surface area contributed by atoms with Gasteiger partial charge in [0.05, 0.1) is 17.9 Å². The molecule has 0 bridgehead atoms. The topological polar surface area (TPSA) is 68.6 Å². The van der Waals surface area contributed by atoms with Gasteiger partial charge >= 0.3 is 5.88 Å². The lowest BCUT2D eigenvalue weighted by Gasteiger charge is -2.10. The van der Waals surface area contributed by atoms with E-state index in [-0.39, 0.29) is 5.88 Å². The molecule has 0 radical (unpaired) electrons. The van der Waals surface area contributed by atoms with Crippen LogP contribution in [0.1, 0.15) is 31.2 Å². The Balaban J connectivity index is 1.78. The molecule has 0 atom stereocenters. The third-order valence-corrected chi connectivity index (χ3v) is 3.96. The second-order valence-corrected chi connectivity index (χ2v) is 5.63. The van der Waals surface area contributed by atoms with E-state index in [2.05, 4.69) is 15.3 Å². The number of hydrogen-bond donors (Lipinski definition) is 0. The highest BCUT2D eigenvalue weighted by Gasteiger charge is 2.21. The Morgan fingerprint density at radius 3 is 2.68 bits per heavy atom. The molecular formula is C15H17ClN4O2. The van der Waals surface area contributed by atoms with Crippen LogP contribution in [-0.4, -0.2) is 24.3 Å². The molecule has 1 aromatic carbocycles. The second kappa shape index (κ2) is 6.79. The summed E-state index contributed by atoms with van der Waals surface area (Å²) < 4.78 is 5.13. The Bertz CT molecular complexity index is 663. The van der Waals surface area contributed by atoms with Crippen LogP contribution in [0.15, 0.2) is 40.0 Å². The van der Waals surface area contributed by atoms with Crippen LogP contribution >= 0.6 is 11.6 Å². The van der Waals surface area contributed by atoms with E-state index in [1.54, 1.807) is 35.3 Å². The van der Waals surface area contributed by atoms with Crippen molar-refractivity contribution in [2.45, 2.75) is 25.7 Å². The number of halogens is 1. The first-order chi connectivity index (χ1) is 10.7. The van der Waals surface area contributed by atoms with Crippen molar-refractivity contribution in [1.82, 2.24) is 5.27 Å². The van der Waals surface area contributed by atoms with Gasteiger partial charge in [-0.15, -0.1) is 0 Å². The molecule has 1 aromatic heterocycles. The van der Waals surface area contributed by atoms with E-state index in [0.29, 0.717) is 10.6 Å². The number of hydrogen-bond acceptors (Lipinski definition) is 5. The Labute approximate surface area is 133 Å². The zero-order valence-electron chi connectivity index (χ0n) is 12.1. The molecule has 116 valence electrons. The van der Waals surface area contributed by atoms with Crippen molar-refractivity contribution >= 4 is 23.4 Å². The minimum absolute atomic E-state index is 0.175. The molecule has 7 heteroatoms. The fourth-order valence-corrected chi connectivity index (χ4v) is 2.68. The van der Waals surface area contributed by atoms with Crippen molar-refractivity contribution in [3.05, 3.63) is 41.0 Å². The van der Waals surface area contributed by atoms with Crippen LogP contribution in [0.3, 0.4) is 0 Å². The molecule has 0 aliphatic carbocycles. The molecular weight excluding hydrogens is 304 g/mol. The Hall–Kier alpha value is -2.08. The predicted octanol–water partition coefficient (Wildman–Crippen LogP) is 1.57. The van der Waals surface area contributed by atoms with Crippen LogP contribution in [0.25, 0.3) is 0 Å². The molecule has 2 heterocycles. The zero-order chi connectivity index (χ0) is 15.4. The van der Waals surface area contributed by atoms with Crippen LogP contribution in [0, 0.1) is 0 Å². The minimum Gasteiger partial charge on any atom is -0.858 e. The van der Waals surface area contributed by atoms with Crippen molar-refractivity contribution in [2.24, 2.45) is 4.99 Å². The molecule has 6 nitrogen and oxygen atoms in total. The average Bonchev–Trinajstić information content (AvgIpc) is 2.81. The van der Waals surface area contributed by atoms with Crippen LogP contribution in [0.5, 0.6) is 0 Å². The number of nitrogens with zero attached hydrogens (tertiary/aromatic N) is 4. The van der Waals surface area contributed by atoms with Crippen molar-refractivity contribution in [3.8, 4) is 0 Å². The summed E-state index contributed by atoms with van der Waals surface area (Å²) in [5.41, 5.74) is 0.349. The largest absolute Gasteiger partial charge is 0.858 e. The molecule has 0 unspecified atom stereocenters. The Kier molecular flexibility index (Phi) is 4.58. The van der Waals surface area contributed by atoms with E-state index in [4.69, 9.17) is 16.1 Å². The van der Waals surface area contributed by atoms with E-state index >= 15 is 0 Å². The zero-order valence-corrected chi connectivity index (χ0v) is 12.9. The molecule has 2 aromatic rings.